The third-order valence-corrected chi connectivity index (χ3v) is 6.13. The monoisotopic (exact) mass is 490 g/mol. The summed E-state index contributed by atoms with van der Waals surface area (Å²) in [6, 6.07) is 1.18. The molecule has 1 aromatic heterocycles. The van der Waals surface area contributed by atoms with Gasteiger partial charge in [-0.25, -0.2) is 14.8 Å². The lowest BCUT2D eigenvalue weighted by Gasteiger charge is -2.44. The molecule has 2 saturated heterocycles. The van der Waals surface area contributed by atoms with Crippen molar-refractivity contribution in [3.8, 4) is 0 Å². The van der Waals surface area contributed by atoms with Crippen LogP contribution in [0.4, 0.5) is 39.9 Å². The Kier molecular flexibility index (Phi) is 6.21. The Labute approximate surface area is 181 Å². The third kappa shape index (κ3) is 4.67. The smallest absolute Gasteiger partial charge is 0.407 e. The largest absolute Gasteiger partial charge is 0.465 e. The number of halogens is 8. The zero-order valence-electron chi connectivity index (χ0n) is 16.7. The van der Waals surface area contributed by atoms with Crippen molar-refractivity contribution in [3.63, 3.8) is 0 Å². The quantitative estimate of drug-likeness (QED) is 0.654. The zero-order chi connectivity index (χ0) is 24.8. The molecule has 2 aliphatic rings. The molecule has 2 amide bonds. The summed E-state index contributed by atoms with van der Waals surface area (Å²) in [5, 5.41) is 9.09. The zero-order valence-corrected chi connectivity index (χ0v) is 16.7. The van der Waals surface area contributed by atoms with Crippen LogP contribution in [0.2, 0.25) is 0 Å². The van der Waals surface area contributed by atoms with Crippen LogP contribution >= 0.6 is 0 Å². The van der Waals surface area contributed by atoms with E-state index in [2.05, 4.69) is 9.97 Å². The van der Waals surface area contributed by atoms with Crippen LogP contribution in [0, 0.1) is 11.8 Å². The summed E-state index contributed by atoms with van der Waals surface area (Å²) in [6.07, 6.45) is -12.7. The third-order valence-electron chi connectivity index (χ3n) is 6.13. The van der Waals surface area contributed by atoms with Gasteiger partial charge in [-0.1, -0.05) is 0 Å². The maximum atomic E-state index is 14.9. The number of carbonyl (C=O) groups is 2. The van der Waals surface area contributed by atoms with Crippen LogP contribution in [0.1, 0.15) is 25.1 Å². The van der Waals surface area contributed by atoms with Crippen molar-refractivity contribution in [3.05, 3.63) is 24.3 Å². The van der Waals surface area contributed by atoms with Crippen molar-refractivity contribution in [1.29, 1.82) is 0 Å². The van der Waals surface area contributed by atoms with Crippen molar-refractivity contribution in [2.75, 3.05) is 19.6 Å². The molecule has 3 rings (SSSR count). The average Bonchev–Trinajstić information content (AvgIpc) is 3.03. The second-order valence-electron chi connectivity index (χ2n) is 8.08. The minimum absolute atomic E-state index is 0.345. The molecule has 0 radical (unpaired) electrons. The maximum Gasteiger partial charge on any atom is 0.407 e. The molecule has 15 heteroatoms. The van der Waals surface area contributed by atoms with Crippen molar-refractivity contribution >= 4 is 12.0 Å². The van der Waals surface area contributed by atoms with E-state index in [1.165, 1.54) is 6.07 Å². The molecule has 0 aromatic carbocycles. The van der Waals surface area contributed by atoms with Gasteiger partial charge < -0.3 is 14.9 Å². The van der Waals surface area contributed by atoms with Crippen LogP contribution in [-0.4, -0.2) is 74.4 Å². The molecule has 0 saturated carbocycles. The lowest BCUT2D eigenvalue weighted by Crippen LogP contribution is -2.57. The Morgan fingerprint density at radius 3 is 1.97 bits per heavy atom. The first kappa shape index (κ1) is 24.9. The van der Waals surface area contributed by atoms with Crippen LogP contribution < -0.4 is 0 Å². The number of piperidine rings is 1. The van der Waals surface area contributed by atoms with Crippen molar-refractivity contribution in [2.45, 2.75) is 43.1 Å². The minimum Gasteiger partial charge on any atom is -0.465 e. The summed E-state index contributed by atoms with van der Waals surface area (Å²) in [4.78, 5) is 31.8. The van der Waals surface area contributed by atoms with Crippen LogP contribution in [0.15, 0.2) is 18.5 Å². The number of hydrogen-bond acceptors (Lipinski definition) is 4. The number of alkyl halides is 8. The van der Waals surface area contributed by atoms with Gasteiger partial charge in [-0.2, -0.15) is 35.1 Å². The number of carbonyl (C=O) groups excluding carboxylic acids is 1. The topological polar surface area (TPSA) is 86.6 Å². The molecule has 1 N–H and O–H groups in total. The molecule has 7 nitrogen and oxygen atoms in total. The Morgan fingerprint density at radius 2 is 1.52 bits per heavy atom. The summed E-state index contributed by atoms with van der Waals surface area (Å²) in [6.45, 7) is -1.91. The second-order valence-corrected chi connectivity index (χ2v) is 8.08. The van der Waals surface area contributed by atoms with Crippen LogP contribution in [0.3, 0.4) is 0 Å². The standard InChI is InChI=1S/C18H18F8N4O3/c19-16(20,12-27-4-1-5-28-12)13(31)30-9-10(11(17(21,22)23)18(24,25)26)8-15(30)2-6-29(7-3-15)14(32)33/h1,4-5,10-11H,2-3,6-9H2,(H,32,33). The van der Waals surface area contributed by atoms with E-state index in [1.807, 2.05) is 0 Å². The van der Waals surface area contributed by atoms with Crippen molar-refractivity contribution < 1.29 is 49.8 Å². The van der Waals surface area contributed by atoms with Gasteiger partial charge in [0.25, 0.3) is 0 Å². The first-order chi connectivity index (χ1) is 15.1. The Morgan fingerprint density at radius 1 is 1.00 bits per heavy atom. The van der Waals surface area contributed by atoms with Gasteiger partial charge in [0, 0.05) is 37.6 Å². The first-order valence-electron chi connectivity index (χ1n) is 9.68. The molecule has 1 atom stereocenters. The van der Waals surface area contributed by atoms with Gasteiger partial charge >= 0.3 is 30.3 Å². The summed E-state index contributed by atoms with van der Waals surface area (Å²) in [7, 11) is 0. The highest BCUT2D eigenvalue weighted by Crippen LogP contribution is 2.53. The molecule has 1 aromatic rings. The van der Waals surface area contributed by atoms with Gasteiger partial charge in [0.2, 0.25) is 5.82 Å². The van der Waals surface area contributed by atoms with E-state index in [4.69, 9.17) is 5.11 Å². The maximum absolute atomic E-state index is 14.9. The molecule has 1 unspecified atom stereocenters. The van der Waals surface area contributed by atoms with Gasteiger partial charge in [-0.3, -0.25) is 4.79 Å². The molecule has 184 valence electrons. The van der Waals surface area contributed by atoms with Crippen molar-refractivity contribution in [1.82, 2.24) is 19.8 Å². The average molecular weight is 490 g/mol. The van der Waals surface area contributed by atoms with Crippen LogP contribution in [0.5, 0.6) is 0 Å². The lowest BCUT2D eigenvalue weighted by molar-refractivity contribution is -0.297. The van der Waals surface area contributed by atoms with Crippen molar-refractivity contribution in [2.24, 2.45) is 11.8 Å². The van der Waals surface area contributed by atoms with Crippen LogP contribution in [0.25, 0.3) is 0 Å². The number of hydrogen-bond donors (Lipinski definition) is 1. The summed E-state index contributed by atoms with van der Waals surface area (Å²) >= 11 is 0. The fourth-order valence-electron chi connectivity index (χ4n) is 4.65. The number of carboxylic acid groups (broad SMARTS) is 1. The van der Waals surface area contributed by atoms with Gasteiger partial charge in [-0.15, -0.1) is 0 Å². The van der Waals surface area contributed by atoms with Crippen LogP contribution in [-0.2, 0) is 10.7 Å². The van der Waals surface area contributed by atoms with E-state index >= 15 is 0 Å². The summed E-state index contributed by atoms with van der Waals surface area (Å²) in [5.41, 5.74) is -1.80. The molecular formula is C18H18F8N4O3. The minimum atomic E-state index is -5.73. The predicted molar refractivity (Wildman–Crippen MR) is 92.9 cm³/mol. The Hall–Kier alpha value is -2.74. The summed E-state index contributed by atoms with van der Waals surface area (Å²) in [5.74, 6) is -13.8. The van der Waals surface area contributed by atoms with E-state index in [9.17, 15) is 44.7 Å². The SMILES string of the molecule is O=C(O)N1CCC2(CC1)CC(C(C(F)(F)F)C(F)(F)F)CN2C(=O)C(F)(F)c1ncccn1. The van der Waals surface area contributed by atoms with E-state index < -0.39 is 79.3 Å². The highest BCUT2D eigenvalue weighted by Gasteiger charge is 2.66. The fourth-order valence-corrected chi connectivity index (χ4v) is 4.65. The molecule has 1 spiro atoms. The van der Waals surface area contributed by atoms with E-state index in [-0.39, 0.29) is 13.1 Å². The predicted octanol–water partition coefficient (Wildman–Crippen LogP) is 3.67. The van der Waals surface area contributed by atoms with Gasteiger partial charge in [-0.05, 0) is 31.2 Å². The first-order valence-corrected chi connectivity index (χ1v) is 9.68. The Bertz CT molecular complexity index is 871. The van der Waals surface area contributed by atoms with Gasteiger partial charge in [0.1, 0.15) is 0 Å². The molecular weight excluding hydrogens is 472 g/mol. The fraction of sp³-hybridized carbons (Fsp3) is 0.667. The molecule has 33 heavy (non-hydrogen) atoms. The highest BCUT2D eigenvalue weighted by atomic mass is 19.4. The summed E-state index contributed by atoms with van der Waals surface area (Å²) < 4.78 is 110. The van der Waals surface area contributed by atoms with Gasteiger partial charge in [0.15, 0.2) is 5.92 Å². The number of rotatable bonds is 3. The molecule has 3 heterocycles. The highest BCUT2D eigenvalue weighted by molar-refractivity contribution is 5.85. The van der Waals surface area contributed by atoms with E-state index in [1.54, 1.807) is 0 Å². The number of amides is 2. The number of likely N-dealkylation sites (tertiary alicyclic amines) is 2. The second kappa shape index (κ2) is 8.24. The Balaban J connectivity index is 2.00. The lowest BCUT2D eigenvalue weighted by atomic mass is 9.79. The normalized spacial score (nSPS) is 21.7. The molecule has 2 aliphatic heterocycles. The van der Waals surface area contributed by atoms with E-state index in [0.29, 0.717) is 4.90 Å². The molecule has 0 bridgehead atoms. The molecule has 2 fully saturated rings. The van der Waals surface area contributed by atoms with E-state index in [0.717, 1.165) is 17.3 Å². The number of aromatic nitrogens is 2. The molecule has 0 aliphatic carbocycles. The number of nitrogens with zero attached hydrogens (tertiary/aromatic N) is 4. The van der Waals surface area contributed by atoms with Gasteiger partial charge in [0.05, 0.1) is 0 Å².